The van der Waals surface area contributed by atoms with Gasteiger partial charge in [0.2, 0.25) is 5.82 Å². The van der Waals surface area contributed by atoms with Gasteiger partial charge < -0.3 is 19.8 Å². The zero-order valence-corrected chi connectivity index (χ0v) is 20.6. The fourth-order valence-electron chi connectivity index (χ4n) is 3.38. The molecule has 180 valence electrons. The highest BCUT2D eigenvalue weighted by Gasteiger charge is 2.16. The Bertz CT molecular complexity index is 1410. The number of carbonyl (C=O) groups excluding carboxylic acids is 2. The van der Waals surface area contributed by atoms with Gasteiger partial charge in [0.1, 0.15) is 4.83 Å². The van der Waals surface area contributed by atoms with Gasteiger partial charge in [0.25, 0.3) is 11.5 Å². The topological polar surface area (TPSA) is 110 Å². The normalized spacial score (nSPS) is 10.9. The minimum Gasteiger partial charge on any atom is -0.462 e. The van der Waals surface area contributed by atoms with Gasteiger partial charge in [-0.3, -0.25) is 9.59 Å². The monoisotopic (exact) mass is 509 g/mol. The van der Waals surface area contributed by atoms with Crippen molar-refractivity contribution in [1.29, 1.82) is 0 Å². The lowest BCUT2D eigenvalue weighted by atomic mass is 10.1. The first-order chi connectivity index (χ1) is 16.9. The second-order valence-electron chi connectivity index (χ2n) is 7.62. The smallest absolute Gasteiger partial charge is 0.338 e. The number of nitrogens with one attached hydrogen (secondary N) is 2. The van der Waals surface area contributed by atoms with Gasteiger partial charge >= 0.3 is 5.97 Å². The molecule has 1 amide bonds. The number of rotatable bonds is 9. The summed E-state index contributed by atoms with van der Waals surface area (Å²) in [6.45, 7) is 2.88. The van der Waals surface area contributed by atoms with Crippen LogP contribution in [0.5, 0.6) is 0 Å². The predicted molar refractivity (Wildman–Crippen MR) is 136 cm³/mol. The maximum absolute atomic E-state index is 12.7. The van der Waals surface area contributed by atoms with E-state index in [-0.39, 0.29) is 18.4 Å². The molecule has 35 heavy (non-hydrogen) atoms. The average Bonchev–Trinajstić information content (AvgIpc) is 3.26. The van der Waals surface area contributed by atoms with Crippen molar-refractivity contribution in [2.75, 3.05) is 6.61 Å². The highest BCUT2D eigenvalue weighted by atomic mass is 32.1. The van der Waals surface area contributed by atoms with Crippen LogP contribution in [0.4, 0.5) is 0 Å². The SMILES string of the molecule is CCOC(=O)c1ccc(COCc2csc3nc(C(=O)NCc4cccc(S)c4)[nH]c(=O)c23)cc1. The van der Waals surface area contributed by atoms with Crippen LogP contribution in [-0.2, 0) is 29.2 Å². The summed E-state index contributed by atoms with van der Waals surface area (Å²) in [6.07, 6.45) is 0. The van der Waals surface area contributed by atoms with E-state index in [4.69, 9.17) is 9.47 Å². The van der Waals surface area contributed by atoms with Crippen LogP contribution in [0.1, 0.15) is 44.6 Å². The number of amides is 1. The minimum absolute atomic E-state index is 0.0412. The Balaban J connectivity index is 1.38. The van der Waals surface area contributed by atoms with E-state index >= 15 is 0 Å². The summed E-state index contributed by atoms with van der Waals surface area (Å²) in [5, 5.41) is 4.97. The van der Waals surface area contributed by atoms with Gasteiger partial charge in [0.05, 0.1) is 30.8 Å². The lowest BCUT2D eigenvalue weighted by molar-refractivity contribution is 0.0526. The van der Waals surface area contributed by atoms with Crippen LogP contribution in [0.3, 0.4) is 0 Å². The zero-order valence-electron chi connectivity index (χ0n) is 18.9. The van der Waals surface area contributed by atoms with Gasteiger partial charge in [-0.15, -0.1) is 24.0 Å². The largest absolute Gasteiger partial charge is 0.462 e. The summed E-state index contributed by atoms with van der Waals surface area (Å²) >= 11 is 5.57. The van der Waals surface area contributed by atoms with Gasteiger partial charge in [-0.1, -0.05) is 24.3 Å². The Morgan fingerprint density at radius 3 is 2.66 bits per heavy atom. The maximum atomic E-state index is 12.7. The second kappa shape index (κ2) is 11.3. The molecule has 10 heteroatoms. The molecule has 0 fully saturated rings. The minimum atomic E-state index is -0.467. The molecule has 0 unspecified atom stereocenters. The number of aromatic nitrogens is 2. The van der Waals surface area contributed by atoms with Crippen molar-refractivity contribution in [1.82, 2.24) is 15.3 Å². The summed E-state index contributed by atoms with van der Waals surface area (Å²) in [7, 11) is 0. The summed E-state index contributed by atoms with van der Waals surface area (Å²) < 4.78 is 10.8. The van der Waals surface area contributed by atoms with E-state index in [1.807, 2.05) is 24.3 Å². The van der Waals surface area contributed by atoms with Crippen LogP contribution < -0.4 is 10.9 Å². The fraction of sp³-hybridized carbons (Fsp3) is 0.200. The molecule has 0 aliphatic rings. The quantitative estimate of drug-likeness (QED) is 0.232. The molecule has 2 aromatic carbocycles. The Morgan fingerprint density at radius 2 is 1.91 bits per heavy atom. The Hall–Kier alpha value is -3.47. The van der Waals surface area contributed by atoms with Gasteiger partial charge in [-0.05, 0) is 47.7 Å². The van der Waals surface area contributed by atoms with E-state index < -0.39 is 11.5 Å². The molecule has 0 spiro atoms. The van der Waals surface area contributed by atoms with Gasteiger partial charge in [0.15, 0.2) is 0 Å². The number of thiophene rings is 1. The van der Waals surface area contributed by atoms with Crippen molar-refractivity contribution < 1.29 is 19.1 Å². The third-order valence-electron chi connectivity index (χ3n) is 5.09. The van der Waals surface area contributed by atoms with Crippen molar-refractivity contribution >= 4 is 46.1 Å². The number of esters is 1. The molecule has 0 saturated heterocycles. The number of nitrogens with zero attached hydrogens (tertiary/aromatic N) is 1. The highest BCUT2D eigenvalue weighted by molar-refractivity contribution is 7.80. The fourth-order valence-corrected chi connectivity index (χ4v) is 4.56. The van der Waals surface area contributed by atoms with E-state index in [9.17, 15) is 14.4 Å². The number of aromatic amines is 1. The molecule has 0 saturated carbocycles. The summed E-state index contributed by atoms with van der Waals surface area (Å²) in [5.74, 6) is -0.872. The highest BCUT2D eigenvalue weighted by Crippen LogP contribution is 2.22. The summed E-state index contributed by atoms with van der Waals surface area (Å²) in [6, 6.07) is 14.4. The van der Waals surface area contributed by atoms with Crippen LogP contribution in [0, 0.1) is 0 Å². The number of carbonyl (C=O) groups is 2. The Morgan fingerprint density at radius 1 is 1.11 bits per heavy atom. The van der Waals surface area contributed by atoms with E-state index in [1.165, 1.54) is 11.3 Å². The molecular weight excluding hydrogens is 486 g/mol. The molecule has 0 radical (unpaired) electrons. The van der Waals surface area contributed by atoms with E-state index in [0.717, 1.165) is 16.0 Å². The first kappa shape index (κ1) is 24.6. The molecule has 0 atom stereocenters. The van der Waals surface area contributed by atoms with Crippen molar-refractivity contribution in [3.05, 3.63) is 92.3 Å². The standard InChI is InChI=1S/C25H23N3O5S2/c1-2-33-25(31)17-8-6-15(7-9-17)12-32-13-18-14-35-24-20(18)22(29)27-21(28-24)23(30)26-11-16-4-3-5-19(34)10-16/h3-10,14,34H,2,11-13H2,1H3,(H,26,30)(H,27,28,29). The number of hydrogen-bond acceptors (Lipinski definition) is 8. The van der Waals surface area contributed by atoms with Crippen LogP contribution >= 0.6 is 24.0 Å². The number of ether oxygens (including phenoxy) is 2. The van der Waals surface area contributed by atoms with E-state index in [0.29, 0.717) is 41.1 Å². The van der Waals surface area contributed by atoms with Gasteiger partial charge in [0, 0.05) is 17.0 Å². The molecular formula is C25H23N3O5S2. The van der Waals surface area contributed by atoms with Crippen LogP contribution in [0.25, 0.3) is 10.2 Å². The molecule has 2 N–H and O–H groups in total. The molecule has 8 nitrogen and oxygen atoms in total. The lowest BCUT2D eigenvalue weighted by Crippen LogP contribution is -2.27. The molecule has 2 aromatic heterocycles. The molecule has 0 bridgehead atoms. The number of H-pyrrole nitrogens is 1. The number of fused-ring (bicyclic) bond motifs is 1. The van der Waals surface area contributed by atoms with Crippen molar-refractivity contribution in [2.24, 2.45) is 0 Å². The van der Waals surface area contributed by atoms with Crippen LogP contribution in [-0.4, -0.2) is 28.5 Å². The van der Waals surface area contributed by atoms with Crippen molar-refractivity contribution in [3.8, 4) is 0 Å². The Labute approximate surface area is 210 Å². The molecule has 2 heterocycles. The zero-order chi connectivity index (χ0) is 24.8. The lowest BCUT2D eigenvalue weighted by Gasteiger charge is -2.07. The number of thiol groups is 1. The maximum Gasteiger partial charge on any atom is 0.338 e. The van der Waals surface area contributed by atoms with Gasteiger partial charge in [-0.25, -0.2) is 9.78 Å². The third-order valence-corrected chi connectivity index (χ3v) is 6.29. The van der Waals surface area contributed by atoms with Crippen LogP contribution in [0.2, 0.25) is 0 Å². The first-order valence-electron chi connectivity index (χ1n) is 10.8. The second-order valence-corrected chi connectivity index (χ2v) is 8.99. The predicted octanol–water partition coefficient (Wildman–Crippen LogP) is 4.10. The van der Waals surface area contributed by atoms with Gasteiger partial charge in [-0.2, -0.15) is 0 Å². The van der Waals surface area contributed by atoms with E-state index in [1.54, 1.807) is 36.6 Å². The number of benzene rings is 2. The first-order valence-corrected chi connectivity index (χ1v) is 12.2. The molecule has 0 aliphatic carbocycles. The van der Waals surface area contributed by atoms with Crippen molar-refractivity contribution in [3.63, 3.8) is 0 Å². The molecule has 0 aliphatic heterocycles. The third kappa shape index (κ3) is 6.16. The number of hydrogen-bond donors (Lipinski definition) is 3. The molecule has 4 aromatic rings. The summed E-state index contributed by atoms with van der Waals surface area (Å²) in [5.41, 5.74) is 2.55. The van der Waals surface area contributed by atoms with Crippen molar-refractivity contribution in [2.45, 2.75) is 31.6 Å². The summed E-state index contributed by atoms with van der Waals surface area (Å²) in [4.78, 5) is 45.2. The Kier molecular flexibility index (Phi) is 7.96. The average molecular weight is 510 g/mol. The van der Waals surface area contributed by atoms with Crippen LogP contribution in [0.15, 0.2) is 63.6 Å². The molecule has 4 rings (SSSR count). The van der Waals surface area contributed by atoms with E-state index in [2.05, 4.69) is 27.9 Å².